The maximum atomic E-state index is 14.0. The molecule has 0 heterocycles. The van der Waals surface area contributed by atoms with Crippen LogP contribution in [0, 0.1) is 0 Å². The molecular weight excluding hydrogens is 321 g/mol. The summed E-state index contributed by atoms with van der Waals surface area (Å²) in [5, 5.41) is 0.203. The van der Waals surface area contributed by atoms with Gasteiger partial charge >= 0.3 is 114 Å². The van der Waals surface area contributed by atoms with E-state index in [1.807, 2.05) is 30.3 Å². The average Bonchev–Trinajstić information content (AvgIpc) is 2.37. The molecule has 0 aliphatic rings. The fraction of sp³-hybridized carbons (Fsp3) is 0.500. The molecule has 0 fully saturated rings. The number of hydrogen-bond donors (Lipinski definition) is 0. The first-order valence-electron chi connectivity index (χ1n) is 5.83. The van der Waals surface area contributed by atoms with Crippen LogP contribution in [0.4, 0.5) is 4.39 Å². The second-order valence-corrected chi connectivity index (χ2v) is 7.88. The number of hydrogen-bond acceptors (Lipinski definition) is 3. The normalized spacial score (nSPS) is 13.5. The van der Waals surface area contributed by atoms with Gasteiger partial charge in [0.2, 0.25) is 0 Å². The quantitative estimate of drug-likeness (QED) is 0.540. The molecule has 0 amide bonds. The summed E-state index contributed by atoms with van der Waals surface area (Å²) in [6.45, 7) is 3.74. The second-order valence-electron chi connectivity index (χ2n) is 3.43. The minimum absolute atomic E-state index is 0.0649. The summed E-state index contributed by atoms with van der Waals surface area (Å²) in [7, 11) is -3.60. The zero-order chi connectivity index (χ0) is 13.4. The number of benzene rings is 1. The van der Waals surface area contributed by atoms with E-state index in [1.165, 1.54) is 0 Å². The van der Waals surface area contributed by atoms with Gasteiger partial charge in [-0.2, -0.15) is 0 Å². The third-order valence-electron chi connectivity index (χ3n) is 2.09. The van der Waals surface area contributed by atoms with Gasteiger partial charge in [0.05, 0.1) is 0 Å². The van der Waals surface area contributed by atoms with Crippen molar-refractivity contribution >= 4 is 27.0 Å². The Bertz CT molecular complexity index is 378. The van der Waals surface area contributed by atoms with Crippen LogP contribution in [0.1, 0.15) is 13.8 Å². The molecule has 0 spiro atoms. The monoisotopic (exact) mass is 340 g/mol. The first-order valence-corrected chi connectivity index (χ1v) is 9.51. The Morgan fingerprint density at radius 3 is 2.28 bits per heavy atom. The summed E-state index contributed by atoms with van der Waals surface area (Å²) >= 11 is -0.0649. The Morgan fingerprint density at radius 2 is 1.78 bits per heavy atom. The van der Waals surface area contributed by atoms with Gasteiger partial charge in [0.1, 0.15) is 0 Å². The van der Waals surface area contributed by atoms with Crippen molar-refractivity contribution in [1.82, 2.24) is 0 Å². The second kappa shape index (κ2) is 8.08. The van der Waals surface area contributed by atoms with E-state index in [2.05, 4.69) is 0 Å². The van der Waals surface area contributed by atoms with E-state index in [0.717, 1.165) is 4.46 Å². The molecule has 1 aromatic carbocycles. The number of rotatable bonds is 8. The molecule has 0 saturated heterocycles. The van der Waals surface area contributed by atoms with Crippen molar-refractivity contribution in [3.63, 3.8) is 0 Å². The molecule has 102 valence electrons. The van der Waals surface area contributed by atoms with Crippen molar-refractivity contribution in [2.75, 3.05) is 13.2 Å². The van der Waals surface area contributed by atoms with E-state index in [1.54, 1.807) is 13.8 Å². The summed E-state index contributed by atoms with van der Waals surface area (Å²) in [6.07, 6.45) is 0. The van der Waals surface area contributed by atoms with Crippen molar-refractivity contribution < 1.29 is 18.0 Å². The average molecular weight is 339 g/mol. The van der Waals surface area contributed by atoms with E-state index in [9.17, 15) is 8.96 Å². The van der Waals surface area contributed by atoms with Gasteiger partial charge in [-0.25, -0.2) is 0 Å². The molecule has 0 aliphatic carbocycles. The Kier molecular flexibility index (Phi) is 7.13. The van der Waals surface area contributed by atoms with Crippen molar-refractivity contribution in [1.29, 1.82) is 0 Å². The molecule has 1 rings (SSSR count). The molecule has 0 N–H and O–H groups in total. The van der Waals surface area contributed by atoms with Gasteiger partial charge in [0.25, 0.3) is 0 Å². The summed E-state index contributed by atoms with van der Waals surface area (Å²) in [4.78, 5) is 0. The Labute approximate surface area is 114 Å². The van der Waals surface area contributed by atoms with Crippen LogP contribution in [0.25, 0.3) is 0 Å². The number of alkyl halides is 1. The summed E-state index contributed by atoms with van der Waals surface area (Å²) < 4.78 is 37.2. The summed E-state index contributed by atoms with van der Waals surface area (Å²) in [5.41, 5.74) is 0. The molecule has 0 bridgehead atoms. The summed E-state index contributed by atoms with van der Waals surface area (Å²) in [5.74, 6) is -1.54. The van der Waals surface area contributed by atoms with Crippen LogP contribution in [0.2, 0.25) is 5.32 Å². The fourth-order valence-corrected chi connectivity index (χ4v) is 5.59. The van der Waals surface area contributed by atoms with Crippen LogP contribution >= 0.6 is 7.60 Å². The van der Waals surface area contributed by atoms with Crippen LogP contribution in [0.3, 0.4) is 0 Å². The third kappa shape index (κ3) is 4.83. The van der Waals surface area contributed by atoms with E-state index in [-0.39, 0.29) is 33.5 Å². The molecule has 1 atom stereocenters. The van der Waals surface area contributed by atoms with E-state index < -0.39 is 13.5 Å². The first kappa shape index (κ1) is 15.9. The van der Waals surface area contributed by atoms with Gasteiger partial charge in [-0.3, -0.25) is 0 Å². The standard InChI is InChI=1S/C12H18FO3PSe/c1-3-15-17(14,16-4-2)12(13)10-18-11-8-6-5-7-9-11/h5-9,12H,3-4,10H2,1-2H3. The zero-order valence-electron chi connectivity index (χ0n) is 10.5. The van der Waals surface area contributed by atoms with E-state index >= 15 is 0 Å². The predicted octanol–water partition coefficient (Wildman–Crippen LogP) is 3.00. The van der Waals surface area contributed by atoms with Crippen LogP contribution in [0.5, 0.6) is 0 Å². The topological polar surface area (TPSA) is 35.5 Å². The summed E-state index contributed by atoms with van der Waals surface area (Å²) in [6, 6.07) is 9.62. The van der Waals surface area contributed by atoms with Gasteiger partial charge in [0, 0.05) is 0 Å². The van der Waals surface area contributed by atoms with Crippen LogP contribution < -0.4 is 4.46 Å². The zero-order valence-corrected chi connectivity index (χ0v) is 13.2. The predicted molar refractivity (Wildman–Crippen MR) is 72.4 cm³/mol. The molecule has 0 saturated carbocycles. The number of halogens is 1. The van der Waals surface area contributed by atoms with Gasteiger partial charge < -0.3 is 0 Å². The molecule has 1 aromatic rings. The Hall–Kier alpha value is -0.181. The molecule has 0 aliphatic heterocycles. The van der Waals surface area contributed by atoms with Gasteiger partial charge in [0.15, 0.2) is 0 Å². The first-order chi connectivity index (χ1) is 8.62. The van der Waals surface area contributed by atoms with Crippen molar-refractivity contribution in [3.05, 3.63) is 30.3 Å². The van der Waals surface area contributed by atoms with E-state index in [0.29, 0.717) is 0 Å². The molecule has 18 heavy (non-hydrogen) atoms. The van der Waals surface area contributed by atoms with Gasteiger partial charge in [-0.15, -0.1) is 0 Å². The Balaban J connectivity index is 2.57. The van der Waals surface area contributed by atoms with Gasteiger partial charge in [-0.1, -0.05) is 0 Å². The molecule has 0 aromatic heterocycles. The maximum absolute atomic E-state index is 14.0. The molecule has 3 nitrogen and oxygen atoms in total. The van der Waals surface area contributed by atoms with Crippen molar-refractivity contribution in [2.45, 2.75) is 25.1 Å². The SMILES string of the molecule is CCOP(=O)(OCC)C(F)C[Se]c1ccccc1. The molecule has 6 heteroatoms. The minimum atomic E-state index is -3.60. The molecular formula is C12H18FO3PSe. The van der Waals surface area contributed by atoms with Crippen LogP contribution in [-0.2, 0) is 13.6 Å². The van der Waals surface area contributed by atoms with Gasteiger partial charge in [-0.05, 0) is 0 Å². The van der Waals surface area contributed by atoms with Crippen LogP contribution in [-0.4, -0.2) is 34.1 Å². The molecule has 0 radical (unpaired) electrons. The Morgan fingerprint density at radius 1 is 1.22 bits per heavy atom. The van der Waals surface area contributed by atoms with Crippen molar-refractivity contribution in [2.24, 2.45) is 0 Å². The van der Waals surface area contributed by atoms with E-state index in [4.69, 9.17) is 9.05 Å². The molecule has 1 unspecified atom stereocenters. The fourth-order valence-electron chi connectivity index (χ4n) is 1.33. The third-order valence-corrected chi connectivity index (χ3v) is 6.99. The van der Waals surface area contributed by atoms with Crippen LogP contribution in [0.15, 0.2) is 30.3 Å². The van der Waals surface area contributed by atoms with Crippen molar-refractivity contribution in [3.8, 4) is 0 Å².